The first-order chi connectivity index (χ1) is 11.1. The van der Waals surface area contributed by atoms with Crippen molar-refractivity contribution in [2.24, 2.45) is 10.9 Å². The van der Waals surface area contributed by atoms with Crippen LogP contribution in [0.3, 0.4) is 0 Å². The maximum absolute atomic E-state index is 5.40. The second-order valence-corrected chi connectivity index (χ2v) is 5.89. The van der Waals surface area contributed by atoms with Crippen LogP contribution in [0.1, 0.15) is 32.3 Å². The summed E-state index contributed by atoms with van der Waals surface area (Å²) < 4.78 is 10.7. The van der Waals surface area contributed by atoms with Gasteiger partial charge in [-0.1, -0.05) is 13.8 Å². The normalized spacial score (nSPS) is 11.5. The number of ether oxygens (including phenoxy) is 2. The fourth-order valence-corrected chi connectivity index (χ4v) is 2.33. The lowest BCUT2D eigenvalue weighted by Crippen LogP contribution is -2.38. The van der Waals surface area contributed by atoms with Crippen LogP contribution in [0.2, 0.25) is 0 Å². The summed E-state index contributed by atoms with van der Waals surface area (Å²) in [5.41, 5.74) is 1.12. The Kier molecular flexibility index (Phi) is 8.95. The van der Waals surface area contributed by atoms with Crippen LogP contribution in [0, 0.1) is 5.92 Å². The van der Waals surface area contributed by atoms with E-state index in [-0.39, 0.29) is 0 Å². The molecule has 2 N–H and O–H groups in total. The third-order valence-electron chi connectivity index (χ3n) is 3.65. The van der Waals surface area contributed by atoms with Gasteiger partial charge in [-0.3, -0.25) is 4.99 Å². The van der Waals surface area contributed by atoms with Crippen molar-refractivity contribution in [3.05, 3.63) is 23.8 Å². The van der Waals surface area contributed by atoms with Crippen molar-refractivity contribution >= 4 is 5.96 Å². The zero-order valence-corrected chi connectivity index (χ0v) is 15.1. The highest BCUT2D eigenvalue weighted by atomic mass is 16.5. The van der Waals surface area contributed by atoms with Crippen molar-refractivity contribution in [2.45, 2.75) is 33.1 Å². The second kappa shape index (κ2) is 10.8. The number of aliphatic imine (C=N–C) groups is 1. The third kappa shape index (κ3) is 7.26. The average molecular weight is 321 g/mol. The highest BCUT2D eigenvalue weighted by Crippen LogP contribution is 2.24. The van der Waals surface area contributed by atoms with Gasteiger partial charge in [0.05, 0.1) is 14.2 Å². The van der Waals surface area contributed by atoms with Gasteiger partial charge in [-0.25, -0.2) is 0 Å². The molecule has 0 bridgehead atoms. The lowest BCUT2D eigenvalue weighted by molar-refractivity contribution is 0.398. The first-order valence-corrected chi connectivity index (χ1v) is 8.26. The maximum atomic E-state index is 5.40. The van der Waals surface area contributed by atoms with Crippen LogP contribution >= 0.6 is 0 Å². The van der Waals surface area contributed by atoms with Crippen LogP contribution in [-0.4, -0.2) is 40.3 Å². The lowest BCUT2D eigenvalue weighted by Gasteiger charge is -2.14. The molecule has 0 unspecified atom stereocenters. The molecule has 130 valence electrons. The molecule has 0 aromatic heterocycles. The summed E-state index contributed by atoms with van der Waals surface area (Å²) in [7, 11) is 5.16. The van der Waals surface area contributed by atoms with Crippen LogP contribution in [0.25, 0.3) is 0 Å². The molecule has 0 amide bonds. The van der Waals surface area contributed by atoms with Crippen molar-refractivity contribution in [3.63, 3.8) is 0 Å². The van der Waals surface area contributed by atoms with Crippen LogP contribution in [-0.2, 0) is 6.42 Å². The Morgan fingerprint density at radius 2 is 1.87 bits per heavy atom. The number of hydrogen-bond acceptors (Lipinski definition) is 3. The maximum Gasteiger partial charge on any atom is 0.190 e. The van der Waals surface area contributed by atoms with E-state index in [9.17, 15) is 0 Å². The third-order valence-corrected chi connectivity index (χ3v) is 3.65. The summed E-state index contributed by atoms with van der Waals surface area (Å²) in [4.78, 5) is 4.25. The fraction of sp³-hybridized carbons (Fsp3) is 0.611. The topological polar surface area (TPSA) is 54.9 Å². The molecule has 5 nitrogen and oxygen atoms in total. The SMILES string of the molecule is CN=C(NCCCC(C)C)NCCc1cc(OC)ccc1OC. The number of rotatable bonds is 9. The van der Waals surface area contributed by atoms with E-state index < -0.39 is 0 Å². The minimum absolute atomic E-state index is 0.743. The van der Waals surface area contributed by atoms with Gasteiger partial charge in [-0.15, -0.1) is 0 Å². The van der Waals surface area contributed by atoms with Crippen LogP contribution in [0.4, 0.5) is 0 Å². The molecule has 0 saturated carbocycles. The Morgan fingerprint density at radius 1 is 1.13 bits per heavy atom. The Bertz CT molecular complexity index is 487. The largest absolute Gasteiger partial charge is 0.497 e. The monoisotopic (exact) mass is 321 g/mol. The molecule has 0 radical (unpaired) electrons. The highest BCUT2D eigenvalue weighted by molar-refractivity contribution is 5.79. The summed E-state index contributed by atoms with van der Waals surface area (Å²) >= 11 is 0. The van der Waals surface area contributed by atoms with Crippen molar-refractivity contribution < 1.29 is 9.47 Å². The number of guanidine groups is 1. The molecule has 5 heteroatoms. The molecule has 0 spiro atoms. The van der Waals surface area contributed by atoms with Gasteiger partial charge in [0.25, 0.3) is 0 Å². The number of nitrogens with zero attached hydrogens (tertiary/aromatic N) is 1. The van der Waals surface area contributed by atoms with E-state index in [1.54, 1.807) is 21.3 Å². The smallest absolute Gasteiger partial charge is 0.190 e. The molecule has 0 aliphatic rings. The summed E-state index contributed by atoms with van der Waals surface area (Å²) in [5, 5.41) is 6.68. The predicted octanol–water partition coefficient (Wildman–Crippen LogP) is 2.85. The van der Waals surface area contributed by atoms with E-state index in [2.05, 4.69) is 29.5 Å². The fourth-order valence-electron chi connectivity index (χ4n) is 2.33. The van der Waals surface area contributed by atoms with E-state index in [0.717, 1.165) is 54.9 Å². The molecule has 0 aliphatic carbocycles. The lowest BCUT2D eigenvalue weighted by atomic mass is 10.1. The van der Waals surface area contributed by atoms with Gasteiger partial charge < -0.3 is 20.1 Å². The molecule has 1 rings (SSSR count). The Labute approximate surface area is 140 Å². The zero-order valence-electron chi connectivity index (χ0n) is 15.1. The van der Waals surface area contributed by atoms with Crippen LogP contribution in [0.5, 0.6) is 11.5 Å². The average Bonchev–Trinajstić information content (AvgIpc) is 2.56. The Hall–Kier alpha value is -1.91. The van der Waals surface area contributed by atoms with E-state index in [1.165, 1.54) is 6.42 Å². The number of methoxy groups -OCH3 is 2. The van der Waals surface area contributed by atoms with E-state index in [4.69, 9.17) is 9.47 Å². The van der Waals surface area contributed by atoms with Gasteiger partial charge >= 0.3 is 0 Å². The van der Waals surface area contributed by atoms with Crippen LogP contribution in [0.15, 0.2) is 23.2 Å². The molecule has 1 aromatic rings. The van der Waals surface area contributed by atoms with E-state index in [0.29, 0.717) is 0 Å². The predicted molar refractivity (Wildman–Crippen MR) is 96.7 cm³/mol. The molecule has 0 heterocycles. The van der Waals surface area contributed by atoms with Gasteiger partial charge in [0.15, 0.2) is 5.96 Å². The Morgan fingerprint density at radius 3 is 2.48 bits per heavy atom. The van der Waals surface area contributed by atoms with Gasteiger partial charge in [0, 0.05) is 20.1 Å². The van der Waals surface area contributed by atoms with Gasteiger partial charge in [0.1, 0.15) is 11.5 Å². The summed E-state index contributed by atoms with van der Waals surface area (Å²) in [6.45, 7) is 6.22. The summed E-state index contributed by atoms with van der Waals surface area (Å²) in [5.74, 6) is 3.31. The van der Waals surface area contributed by atoms with Crippen molar-refractivity contribution in [2.75, 3.05) is 34.4 Å². The molecule has 0 fully saturated rings. The number of benzene rings is 1. The first kappa shape index (κ1) is 19.1. The quantitative estimate of drug-likeness (QED) is 0.417. The minimum atomic E-state index is 0.743. The molecular weight excluding hydrogens is 290 g/mol. The van der Waals surface area contributed by atoms with Crippen LogP contribution < -0.4 is 20.1 Å². The molecule has 0 atom stereocenters. The first-order valence-electron chi connectivity index (χ1n) is 8.26. The van der Waals surface area contributed by atoms with Crippen molar-refractivity contribution in [1.29, 1.82) is 0 Å². The standard InChI is InChI=1S/C18H31N3O2/c1-14(2)7-6-11-20-18(19-3)21-12-10-15-13-16(22-4)8-9-17(15)23-5/h8-9,13-14H,6-7,10-12H2,1-5H3,(H2,19,20,21). The Balaban J connectivity index is 2.42. The highest BCUT2D eigenvalue weighted by Gasteiger charge is 2.05. The summed E-state index contributed by atoms with van der Waals surface area (Å²) in [6.07, 6.45) is 3.22. The number of hydrogen-bond donors (Lipinski definition) is 2. The second-order valence-electron chi connectivity index (χ2n) is 5.89. The van der Waals surface area contributed by atoms with Crippen molar-refractivity contribution in [1.82, 2.24) is 10.6 Å². The molecule has 1 aromatic carbocycles. The van der Waals surface area contributed by atoms with E-state index >= 15 is 0 Å². The molecular formula is C18H31N3O2. The molecule has 0 aliphatic heterocycles. The van der Waals surface area contributed by atoms with Gasteiger partial charge in [-0.05, 0) is 48.9 Å². The molecule has 23 heavy (non-hydrogen) atoms. The zero-order chi connectivity index (χ0) is 17.1. The molecule has 0 saturated heterocycles. The van der Waals surface area contributed by atoms with Gasteiger partial charge in [-0.2, -0.15) is 0 Å². The van der Waals surface area contributed by atoms with Gasteiger partial charge in [0.2, 0.25) is 0 Å². The summed E-state index contributed by atoms with van der Waals surface area (Å²) in [6, 6.07) is 5.86. The minimum Gasteiger partial charge on any atom is -0.497 e. The number of nitrogens with one attached hydrogen (secondary N) is 2. The van der Waals surface area contributed by atoms with E-state index in [1.807, 2.05) is 18.2 Å². The van der Waals surface area contributed by atoms with Crippen molar-refractivity contribution in [3.8, 4) is 11.5 Å².